The zero-order valence-corrected chi connectivity index (χ0v) is 21.2. The number of unbranched alkanes of at least 4 members (excludes halogenated alkanes) is 7. The van der Waals surface area contributed by atoms with Gasteiger partial charge in [-0.2, -0.15) is 0 Å². The van der Waals surface area contributed by atoms with Crippen LogP contribution in [0.2, 0.25) is 0 Å². The molecule has 0 aromatic heterocycles. The minimum Gasteiger partial charge on any atom is -0.377 e. The van der Waals surface area contributed by atoms with Gasteiger partial charge in [-0.25, -0.2) is 0 Å². The van der Waals surface area contributed by atoms with Gasteiger partial charge in [-0.05, 0) is 47.0 Å². The number of ether oxygens (including phenoxy) is 2. The van der Waals surface area contributed by atoms with E-state index in [9.17, 15) is 9.59 Å². The molecule has 0 saturated carbocycles. The molecule has 0 aliphatic carbocycles. The van der Waals surface area contributed by atoms with Crippen LogP contribution in [0.1, 0.15) is 112 Å². The Morgan fingerprint density at radius 2 is 1.35 bits per heavy atom. The molecular formula is C26H49NO4. The number of carbonyl (C=O) groups is 2. The first-order chi connectivity index (χ1) is 14.7. The molecule has 1 aliphatic rings. The van der Waals surface area contributed by atoms with Crippen LogP contribution in [0.5, 0.6) is 0 Å². The summed E-state index contributed by atoms with van der Waals surface area (Å²) in [5, 5.41) is 0. The van der Waals surface area contributed by atoms with Crippen molar-refractivity contribution in [2.75, 3.05) is 13.2 Å². The van der Waals surface area contributed by atoms with E-state index in [2.05, 4.69) is 13.8 Å². The predicted molar refractivity (Wildman–Crippen MR) is 127 cm³/mol. The maximum atomic E-state index is 12.8. The Morgan fingerprint density at radius 1 is 0.806 bits per heavy atom. The average molecular weight is 440 g/mol. The van der Waals surface area contributed by atoms with Gasteiger partial charge >= 0.3 is 0 Å². The lowest BCUT2D eigenvalue weighted by Gasteiger charge is -2.25. The predicted octanol–water partition coefficient (Wildman–Crippen LogP) is 5.93. The molecule has 1 saturated heterocycles. The summed E-state index contributed by atoms with van der Waals surface area (Å²) in [4.78, 5) is 26.4. The zero-order chi connectivity index (χ0) is 23.2. The molecule has 5 nitrogen and oxygen atoms in total. The number of hydrogen-bond donors (Lipinski definition) is 0. The smallest absolute Gasteiger partial charge is 0.222 e. The lowest BCUT2D eigenvalue weighted by Crippen LogP contribution is -2.39. The molecule has 0 radical (unpaired) electrons. The van der Waals surface area contributed by atoms with Crippen molar-refractivity contribution < 1.29 is 19.1 Å². The summed E-state index contributed by atoms with van der Waals surface area (Å²) in [6.45, 7) is 13.4. The number of likely N-dealkylation sites (tertiary alicyclic amines) is 1. The fraction of sp³-hybridized carbons (Fsp3) is 0.923. The van der Waals surface area contributed by atoms with Crippen LogP contribution in [0.25, 0.3) is 0 Å². The highest BCUT2D eigenvalue weighted by atomic mass is 16.5. The van der Waals surface area contributed by atoms with Gasteiger partial charge in [0.2, 0.25) is 5.91 Å². The number of hydrogen-bond acceptors (Lipinski definition) is 4. The molecule has 1 aliphatic heterocycles. The van der Waals surface area contributed by atoms with Gasteiger partial charge in [-0.15, -0.1) is 0 Å². The Morgan fingerprint density at radius 3 is 1.87 bits per heavy atom. The van der Waals surface area contributed by atoms with Gasteiger partial charge in [0, 0.05) is 25.3 Å². The van der Waals surface area contributed by atoms with Crippen LogP contribution in [-0.2, 0) is 19.1 Å². The van der Waals surface area contributed by atoms with Gasteiger partial charge in [0.15, 0.2) is 0 Å². The molecule has 0 aromatic rings. The monoisotopic (exact) mass is 439 g/mol. The van der Waals surface area contributed by atoms with Crippen molar-refractivity contribution in [3.63, 3.8) is 0 Å². The number of Topliss-reactive ketones (excluding diaryl/α,β-unsaturated/α-hetero) is 1. The summed E-state index contributed by atoms with van der Waals surface area (Å²) in [5.41, 5.74) is 0. The fourth-order valence-electron chi connectivity index (χ4n) is 4.19. The van der Waals surface area contributed by atoms with Gasteiger partial charge in [0.05, 0.1) is 31.0 Å². The summed E-state index contributed by atoms with van der Waals surface area (Å²) in [7, 11) is 0. The lowest BCUT2D eigenvalue weighted by atomic mass is 10.0. The van der Waals surface area contributed by atoms with Crippen molar-refractivity contribution in [1.82, 2.24) is 4.90 Å². The van der Waals surface area contributed by atoms with E-state index >= 15 is 0 Å². The molecule has 0 spiro atoms. The molecule has 182 valence electrons. The van der Waals surface area contributed by atoms with E-state index in [4.69, 9.17) is 9.47 Å². The lowest BCUT2D eigenvalue weighted by molar-refractivity contribution is -0.134. The SMILES string of the molecule is CC(C)OC[C@@H]1CC(OC(C)C)CN1C(=O)CCCCCCCCCCC(=O)C(C)C. The van der Waals surface area contributed by atoms with E-state index < -0.39 is 0 Å². The molecule has 1 unspecified atom stereocenters. The van der Waals surface area contributed by atoms with E-state index in [1.54, 1.807) is 0 Å². The highest BCUT2D eigenvalue weighted by molar-refractivity contribution is 5.80. The van der Waals surface area contributed by atoms with Crippen LogP contribution in [0.15, 0.2) is 0 Å². The Kier molecular flexibility index (Phi) is 14.3. The van der Waals surface area contributed by atoms with Gasteiger partial charge < -0.3 is 14.4 Å². The second-order valence-corrected chi connectivity index (χ2v) is 10.1. The van der Waals surface area contributed by atoms with E-state index in [1.165, 1.54) is 25.7 Å². The highest BCUT2D eigenvalue weighted by Gasteiger charge is 2.36. The average Bonchev–Trinajstić information content (AvgIpc) is 3.09. The van der Waals surface area contributed by atoms with Crippen molar-refractivity contribution >= 4 is 11.7 Å². The summed E-state index contributed by atoms with van der Waals surface area (Å²) in [6, 6.07) is 0.140. The summed E-state index contributed by atoms with van der Waals surface area (Å²) in [6.07, 6.45) is 11.9. The van der Waals surface area contributed by atoms with Crippen molar-refractivity contribution in [2.24, 2.45) is 5.92 Å². The quantitative estimate of drug-likeness (QED) is 0.264. The largest absolute Gasteiger partial charge is 0.377 e. The number of nitrogens with zero attached hydrogens (tertiary/aromatic N) is 1. The molecule has 1 rings (SSSR count). The molecule has 0 N–H and O–H groups in total. The van der Waals surface area contributed by atoms with Crippen LogP contribution in [0.4, 0.5) is 0 Å². The topological polar surface area (TPSA) is 55.8 Å². The van der Waals surface area contributed by atoms with Gasteiger partial charge in [0.25, 0.3) is 0 Å². The summed E-state index contributed by atoms with van der Waals surface area (Å²) < 4.78 is 11.8. The molecule has 31 heavy (non-hydrogen) atoms. The number of carbonyl (C=O) groups excluding carboxylic acids is 2. The van der Waals surface area contributed by atoms with Crippen LogP contribution >= 0.6 is 0 Å². The molecular weight excluding hydrogens is 390 g/mol. The Labute approximate surface area is 191 Å². The highest BCUT2D eigenvalue weighted by Crippen LogP contribution is 2.24. The number of ketones is 1. The zero-order valence-electron chi connectivity index (χ0n) is 21.2. The number of rotatable bonds is 17. The molecule has 1 amide bonds. The van der Waals surface area contributed by atoms with Crippen molar-refractivity contribution in [3.8, 4) is 0 Å². The van der Waals surface area contributed by atoms with E-state index in [1.807, 2.05) is 32.6 Å². The van der Waals surface area contributed by atoms with E-state index in [0.717, 1.165) is 38.5 Å². The molecule has 1 fully saturated rings. The van der Waals surface area contributed by atoms with Crippen molar-refractivity contribution in [2.45, 2.75) is 137 Å². The van der Waals surface area contributed by atoms with Gasteiger partial charge in [-0.3, -0.25) is 9.59 Å². The van der Waals surface area contributed by atoms with Crippen LogP contribution in [-0.4, -0.2) is 54.1 Å². The van der Waals surface area contributed by atoms with Crippen LogP contribution < -0.4 is 0 Å². The third-order valence-corrected chi connectivity index (χ3v) is 5.99. The Balaban J connectivity index is 2.18. The minimum absolute atomic E-state index is 0.126. The minimum atomic E-state index is 0.126. The Hall–Kier alpha value is -0.940. The standard InChI is InChI=1S/C26H49NO4/c1-20(2)25(28)15-13-11-9-7-8-10-12-14-16-26(29)27-18-24(31-22(5)6)17-23(27)19-30-21(3)4/h20-24H,7-19H2,1-6H3/t23-,24?/m0/s1. The second-order valence-electron chi connectivity index (χ2n) is 10.1. The molecule has 5 heteroatoms. The van der Waals surface area contributed by atoms with Gasteiger partial charge in [-0.1, -0.05) is 52.4 Å². The normalized spacial score (nSPS) is 19.2. The fourth-order valence-corrected chi connectivity index (χ4v) is 4.19. The molecule has 0 bridgehead atoms. The first-order valence-corrected chi connectivity index (χ1v) is 12.8. The van der Waals surface area contributed by atoms with Crippen molar-refractivity contribution in [1.29, 1.82) is 0 Å². The third kappa shape index (κ3) is 12.6. The number of amides is 1. The van der Waals surface area contributed by atoms with Crippen LogP contribution in [0, 0.1) is 5.92 Å². The van der Waals surface area contributed by atoms with E-state index in [-0.39, 0.29) is 36.2 Å². The molecule has 1 heterocycles. The first-order valence-electron chi connectivity index (χ1n) is 12.8. The Bertz CT molecular complexity index is 504. The van der Waals surface area contributed by atoms with Crippen LogP contribution in [0.3, 0.4) is 0 Å². The molecule has 2 atom stereocenters. The second kappa shape index (κ2) is 15.8. The van der Waals surface area contributed by atoms with Gasteiger partial charge in [0.1, 0.15) is 5.78 Å². The maximum absolute atomic E-state index is 12.8. The molecule has 0 aromatic carbocycles. The first kappa shape index (κ1) is 28.1. The summed E-state index contributed by atoms with van der Waals surface area (Å²) >= 11 is 0. The summed E-state index contributed by atoms with van der Waals surface area (Å²) in [5.74, 6) is 0.819. The van der Waals surface area contributed by atoms with Crippen molar-refractivity contribution in [3.05, 3.63) is 0 Å². The maximum Gasteiger partial charge on any atom is 0.222 e. The third-order valence-electron chi connectivity index (χ3n) is 5.99. The van der Waals surface area contributed by atoms with E-state index in [0.29, 0.717) is 25.4 Å².